The molecule has 4 N–H and O–H groups in total. The minimum Gasteiger partial charge on any atom is -0.481 e. The largest absolute Gasteiger partial charge is 0.481 e. The molecule has 0 aromatic heterocycles. The molecule has 0 aromatic rings. The van der Waals surface area contributed by atoms with Crippen LogP contribution in [0.5, 0.6) is 0 Å². The third-order valence-corrected chi connectivity index (χ3v) is 2.48. The van der Waals surface area contributed by atoms with Gasteiger partial charge in [0.15, 0.2) is 0 Å². The molecule has 2 unspecified atom stereocenters. The van der Waals surface area contributed by atoms with Crippen molar-refractivity contribution in [3.63, 3.8) is 0 Å². The Kier molecular flexibility index (Phi) is 7.50. The molecule has 3 amide bonds. The number of amides is 3. The van der Waals surface area contributed by atoms with Gasteiger partial charge in [-0.05, 0) is 20.3 Å². The molecule has 0 aliphatic rings. The Labute approximate surface area is 106 Å². The van der Waals surface area contributed by atoms with E-state index in [0.29, 0.717) is 6.54 Å². The zero-order valence-corrected chi connectivity index (χ0v) is 10.9. The summed E-state index contributed by atoms with van der Waals surface area (Å²) in [5.74, 6) is -1.95. The fraction of sp³-hybridized carbons (Fsp3) is 0.727. The first-order valence-electron chi connectivity index (χ1n) is 5.92. The van der Waals surface area contributed by atoms with Gasteiger partial charge in [-0.1, -0.05) is 6.92 Å². The van der Waals surface area contributed by atoms with Crippen LogP contribution in [-0.2, 0) is 9.59 Å². The number of rotatable bonds is 7. The Bertz CT molecular complexity index is 307. The number of hydrogen-bond donors (Lipinski definition) is 4. The van der Waals surface area contributed by atoms with E-state index in [1.165, 1.54) is 6.92 Å². The van der Waals surface area contributed by atoms with Crippen molar-refractivity contribution in [1.29, 1.82) is 0 Å². The summed E-state index contributed by atoms with van der Waals surface area (Å²) in [6.07, 6.45) is 0.825. The summed E-state index contributed by atoms with van der Waals surface area (Å²) in [6, 6.07) is -1.07. The highest BCUT2D eigenvalue weighted by Crippen LogP contribution is 2.01. The molecule has 18 heavy (non-hydrogen) atoms. The molecule has 0 spiro atoms. The molecule has 0 saturated heterocycles. The molecular weight excluding hydrogens is 238 g/mol. The van der Waals surface area contributed by atoms with Crippen LogP contribution < -0.4 is 16.0 Å². The number of carboxylic acid groups (broad SMARTS) is 1. The van der Waals surface area contributed by atoms with E-state index in [1.54, 1.807) is 6.92 Å². The van der Waals surface area contributed by atoms with Crippen molar-refractivity contribution in [2.24, 2.45) is 5.92 Å². The van der Waals surface area contributed by atoms with E-state index < -0.39 is 24.0 Å². The Morgan fingerprint density at radius 3 is 2.28 bits per heavy atom. The number of carbonyl (C=O) groups excluding carboxylic acids is 2. The molecule has 0 saturated carbocycles. The van der Waals surface area contributed by atoms with Gasteiger partial charge in [0, 0.05) is 12.6 Å². The summed E-state index contributed by atoms with van der Waals surface area (Å²) in [5, 5.41) is 16.2. The minimum absolute atomic E-state index is 0.125. The van der Waals surface area contributed by atoms with Gasteiger partial charge in [0.25, 0.3) is 0 Å². The van der Waals surface area contributed by atoms with E-state index in [2.05, 4.69) is 16.0 Å². The molecule has 0 bridgehead atoms. The molecule has 0 radical (unpaired) electrons. The zero-order chi connectivity index (χ0) is 14.1. The molecule has 0 aromatic carbocycles. The van der Waals surface area contributed by atoms with E-state index in [-0.39, 0.29) is 12.5 Å². The van der Waals surface area contributed by atoms with E-state index >= 15 is 0 Å². The lowest BCUT2D eigenvalue weighted by Crippen LogP contribution is -2.47. The maximum Gasteiger partial charge on any atom is 0.315 e. The molecule has 7 heteroatoms. The Morgan fingerprint density at radius 1 is 1.17 bits per heavy atom. The number of nitrogens with one attached hydrogen (secondary N) is 3. The van der Waals surface area contributed by atoms with Gasteiger partial charge in [0.05, 0.1) is 12.5 Å². The van der Waals surface area contributed by atoms with Crippen molar-refractivity contribution in [3.05, 3.63) is 0 Å². The topological polar surface area (TPSA) is 108 Å². The molecule has 104 valence electrons. The first-order chi connectivity index (χ1) is 8.38. The second kappa shape index (κ2) is 8.32. The van der Waals surface area contributed by atoms with Gasteiger partial charge in [0.2, 0.25) is 5.91 Å². The van der Waals surface area contributed by atoms with Crippen LogP contribution >= 0.6 is 0 Å². The quantitative estimate of drug-likeness (QED) is 0.513. The van der Waals surface area contributed by atoms with Gasteiger partial charge in [-0.25, -0.2) is 4.79 Å². The molecule has 0 aliphatic carbocycles. The maximum absolute atomic E-state index is 11.4. The fourth-order valence-electron chi connectivity index (χ4n) is 1.08. The lowest BCUT2D eigenvalue weighted by molar-refractivity contribution is -0.141. The van der Waals surface area contributed by atoms with Gasteiger partial charge in [-0.15, -0.1) is 0 Å². The zero-order valence-electron chi connectivity index (χ0n) is 10.9. The van der Waals surface area contributed by atoms with Gasteiger partial charge < -0.3 is 21.1 Å². The average Bonchev–Trinajstić information content (AvgIpc) is 2.32. The monoisotopic (exact) mass is 259 g/mol. The van der Waals surface area contributed by atoms with Gasteiger partial charge in [-0.2, -0.15) is 0 Å². The molecule has 0 rings (SSSR count). The standard InChI is InChI=1S/C11H21N3O4/c1-4-5-12-9(15)6-13-11(18)14-8(3)7(2)10(16)17/h7-8H,4-6H2,1-3H3,(H,12,15)(H,16,17)(H2,13,14,18). The summed E-state index contributed by atoms with van der Waals surface area (Å²) in [5.41, 5.74) is 0. The van der Waals surface area contributed by atoms with Crippen molar-refractivity contribution in [3.8, 4) is 0 Å². The van der Waals surface area contributed by atoms with E-state index in [9.17, 15) is 14.4 Å². The van der Waals surface area contributed by atoms with Gasteiger partial charge >= 0.3 is 12.0 Å². The first kappa shape index (κ1) is 16.2. The molecule has 0 heterocycles. The number of carboxylic acids is 1. The van der Waals surface area contributed by atoms with Crippen LogP contribution in [0.1, 0.15) is 27.2 Å². The Balaban J connectivity index is 3.90. The normalized spacial score (nSPS) is 13.3. The van der Waals surface area contributed by atoms with Crippen molar-refractivity contribution in [1.82, 2.24) is 16.0 Å². The van der Waals surface area contributed by atoms with Crippen LogP contribution in [0.15, 0.2) is 0 Å². The molecule has 0 aliphatic heterocycles. The summed E-state index contributed by atoms with van der Waals surface area (Å²) in [6.45, 7) is 5.46. The molecular formula is C11H21N3O4. The number of aliphatic carboxylic acids is 1. The van der Waals surface area contributed by atoms with Crippen LogP contribution in [-0.4, -0.2) is 42.1 Å². The molecule has 7 nitrogen and oxygen atoms in total. The minimum atomic E-state index is -0.983. The summed E-state index contributed by atoms with van der Waals surface area (Å²) >= 11 is 0. The highest BCUT2D eigenvalue weighted by Gasteiger charge is 2.20. The smallest absolute Gasteiger partial charge is 0.315 e. The SMILES string of the molecule is CCCNC(=O)CNC(=O)NC(C)C(C)C(=O)O. The second-order valence-corrected chi connectivity index (χ2v) is 4.09. The third kappa shape index (κ3) is 6.72. The highest BCUT2D eigenvalue weighted by molar-refractivity contribution is 5.84. The van der Waals surface area contributed by atoms with Crippen molar-refractivity contribution in [2.75, 3.05) is 13.1 Å². The van der Waals surface area contributed by atoms with Crippen LogP contribution in [0, 0.1) is 5.92 Å². The van der Waals surface area contributed by atoms with E-state index in [1.807, 2.05) is 6.92 Å². The van der Waals surface area contributed by atoms with Crippen molar-refractivity contribution >= 4 is 17.9 Å². The lowest BCUT2D eigenvalue weighted by atomic mass is 10.0. The Morgan fingerprint density at radius 2 is 1.78 bits per heavy atom. The first-order valence-corrected chi connectivity index (χ1v) is 5.92. The number of carbonyl (C=O) groups is 3. The summed E-state index contributed by atoms with van der Waals surface area (Å²) in [4.78, 5) is 33.2. The van der Waals surface area contributed by atoms with Gasteiger partial charge in [0.1, 0.15) is 0 Å². The van der Waals surface area contributed by atoms with Gasteiger partial charge in [-0.3, -0.25) is 9.59 Å². The number of hydrogen-bond acceptors (Lipinski definition) is 3. The second-order valence-electron chi connectivity index (χ2n) is 4.09. The lowest BCUT2D eigenvalue weighted by Gasteiger charge is -2.17. The van der Waals surface area contributed by atoms with Crippen LogP contribution in [0.3, 0.4) is 0 Å². The van der Waals surface area contributed by atoms with Crippen molar-refractivity contribution in [2.45, 2.75) is 33.2 Å². The highest BCUT2D eigenvalue weighted by atomic mass is 16.4. The predicted molar refractivity (Wildman–Crippen MR) is 66.1 cm³/mol. The van der Waals surface area contributed by atoms with E-state index in [4.69, 9.17) is 5.11 Å². The van der Waals surface area contributed by atoms with Crippen LogP contribution in [0.4, 0.5) is 4.79 Å². The average molecular weight is 259 g/mol. The molecule has 0 fully saturated rings. The summed E-state index contributed by atoms with van der Waals surface area (Å²) < 4.78 is 0. The maximum atomic E-state index is 11.4. The van der Waals surface area contributed by atoms with Crippen LogP contribution in [0.25, 0.3) is 0 Å². The third-order valence-electron chi connectivity index (χ3n) is 2.48. The fourth-order valence-corrected chi connectivity index (χ4v) is 1.08. The number of urea groups is 1. The summed E-state index contributed by atoms with van der Waals surface area (Å²) in [7, 11) is 0. The van der Waals surface area contributed by atoms with Crippen LogP contribution in [0.2, 0.25) is 0 Å². The van der Waals surface area contributed by atoms with Crippen molar-refractivity contribution < 1.29 is 19.5 Å². The van der Waals surface area contributed by atoms with E-state index in [0.717, 1.165) is 6.42 Å². The predicted octanol–water partition coefficient (Wildman–Crippen LogP) is -0.0790. The Hall–Kier alpha value is -1.79. The molecule has 2 atom stereocenters.